The van der Waals surface area contributed by atoms with E-state index in [1.165, 1.54) is 12.1 Å². The van der Waals surface area contributed by atoms with Crippen LogP contribution in [-0.4, -0.2) is 32.8 Å². The zero-order valence-electron chi connectivity index (χ0n) is 19.7. The number of Topliss-reactive ketones (excluding diaryl/α,β-unsaturated/α-hetero) is 1. The van der Waals surface area contributed by atoms with E-state index in [1.54, 1.807) is 31.8 Å². The maximum atomic E-state index is 12.9. The number of ketones is 1. The van der Waals surface area contributed by atoms with Crippen molar-refractivity contribution in [3.8, 4) is 28.3 Å². The lowest BCUT2D eigenvalue weighted by Crippen LogP contribution is -2.10. The van der Waals surface area contributed by atoms with Crippen LogP contribution >= 0.6 is 0 Å². The van der Waals surface area contributed by atoms with Gasteiger partial charge in [-0.15, -0.1) is 0 Å². The Labute approximate surface area is 210 Å². The minimum absolute atomic E-state index is 0.0321. The highest BCUT2D eigenvalue weighted by Gasteiger charge is 2.30. The first kappa shape index (κ1) is 24.2. The number of halogens is 3. The summed E-state index contributed by atoms with van der Waals surface area (Å²) < 4.78 is 43.9. The lowest BCUT2D eigenvalue weighted by Gasteiger charge is -2.08. The summed E-state index contributed by atoms with van der Waals surface area (Å²) >= 11 is 0. The molecule has 186 valence electrons. The van der Waals surface area contributed by atoms with E-state index in [4.69, 9.17) is 4.74 Å². The molecule has 0 bridgehead atoms. The van der Waals surface area contributed by atoms with Gasteiger partial charge in [-0.2, -0.15) is 13.2 Å². The molecule has 1 N–H and O–H groups in total. The monoisotopic (exact) mass is 502 g/mol. The SMILES string of the molecule is COc1cc(-c2cc3cc(-c4ccc(CC(=O)Cc5cccc(C(F)(F)F)c5)nc4)cnc3[nH]2)ccn1. The average Bonchev–Trinajstić information content (AvgIpc) is 3.32. The summed E-state index contributed by atoms with van der Waals surface area (Å²) in [5, 5.41) is 0.920. The van der Waals surface area contributed by atoms with Crippen molar-refractivity contribution in [2.24, 2.45) is 0 Å². The van der Waals surface area contributed by atoms with Crippen LogP contribution in [0.1, 0.15) is 16.8 Å². The van der Waals surface area contributed by atoms with Crippen LogP contribution in [0.4, 0.5) is 13.2 Å². The number of hydrogen-bond donors (Lipinski definition) is 1. The largest absolute Gasteiger partial charge is 0.481 e. The number of nitrogens with one attached hydrogen (secondary N) is 1. The molecule has 0 atom stereocenters. The molecule has 0 saturated heterocycles. The van der Waals surface area contributed by atoms with Crippen LogP contribution in [-0.2, 0) is 23.8 Å². The molecule has 37 heavy (non-hydrogen) atoms. The molecule has 0 fully saturated rings. The number of hydrogen-bond acceptors (Lipinski definition) is 5. The van der Waals surface area contributed by atoms with Crippen LogP contribution in [0.5, 0.6) is 5.88 Å². The van der Waals surface area contributed by atoms with Crippen LogP contribution in [0.25, 0.3) is 33.4 Å². The fraction of sp³-hybridized carbons (Fsp3) is 0.143. The number of ether oxygens (including phenoxy) is 1. The number of rotatable bonds is 7. The summed E-state index contributed by atoms with van der Waals surface area (Å²) in [4.78, 5) is 28.8. The van der Waals surface area contributed by atoms with E-state index in [9.17, 15) is 18.0 Å². The van der Waals surface area contributed by atoms with Gasteiger partial charge < -0.3 is 9.72 Å². The van der Waals surface area contributed by atoms with Gasteiger partial charge in [0.25, 0.3) is 0 Å². The van der Waals surface area contributed by atoms with Crippen molar-refractivity contribution < 1.29 is 22.7 Å². The van der Waals surface area contributed by atoms with Crippen molar-refractivity contribution >= 4 is 16.8 Å². The summed E-state index contributed by atoms with van der Waals surface area (Å²) in [6, 6.07) is 16.1. The number of aromatic nitrogens is 4. The van der Waals surface area contributed by atoms with Gasteiger partial charge in [-0.1, -0.05) is 24.3 Å². The minimum atomic E-state index is -4.44. The molecular weight excluding hydrogens is 481 g/mol. The van der Waals surface area contributed by atoms with Gasteiger partial charge in [-0.3, -0.25) is 9.78 Å². The third kappa shape index (κ3) is 5.50. The number of fused-ring (bicyclic) bond motifs is 1. The molecule has 0 amide bonds. The number of carbonyl (C=O) groups excluding carboxylic acids is 1. The van der Waals surface area contributed by atoms with Gasteiger partial charge in [0.05, 0.1) is 12.7 Å². The quantitative estimate of drug-likeness (QED) is 0.292. The number of nitrogens with zero attached hydrogens (tertiary/aromatic N) is 3. The fourth-order valence-corrected chi connectivity index (χ4v) is 4.07. The Morgan fingerprint density at radius 3 is 2.49 bits per heavy atom. The topological polar surface area (TPSA) is 80.8 Å². The van der Waals surface area contributed by atoms with E-state index in [-0.39, 0.29) is 18.6 Å². The normalized spacial score (nSPS) is 11.6. The molecule has 0 radical (unpaired) electrons. The van der Waals surface area contributed by atoms with Crippen LogP contribution in [0, 0.1) is 0 Å². The van der Waals surface area contributed by atoms with Crippen molar-refractivity contribution in [2.75, 3.05) is 7.11 Å². The Morgan fingerprint density at radius 2 is 1.73 bits per heavy atom. The molecule has 0 saturated carbocycles. The molecular formula is C28H21F3N4O2. The van der Waals surface area contributed by atoms with Gasteiger partial charge in [0, 0.05) is 71.0 Å². The summed E-state index contributed by atoms with van der Waals surface area (Å²) in [7, 11) is 1.57. The van der Waals surface area contributed by atoms with E-state index >= 15 is 0 Å². The molecule has 0 spiro atoms. The molecule has 0 aliphatic rings. The first-order valence-electron chi connectivity index (χ1n) is 11.4. The highest BCUT2D eigenvalue weighted by atomic mass is 19.4. The number of alkyl halides is 3. The predicted octanol–water partition coefficient (Wildman–Crippen LogP) is 6.07. The van der Waals surface area contributed by atoms with E-state index in [1.807, 2.05) is 30.3 Å². The Kier molecular flexibility index (Phi) is 6.43. The second-order valence-corrected chi connectivity index (χ2v) is 8.56. The van der Waals surface area contributed by atoms with Crippen LogP contribution in [0.15, 0.2) is 79.3 Å². The zero-order chi connectivity index (χ0) is 26.0. The molecule has 6 nitrogen and oxygen atoms in total. The van der Waals surface area contributed by atoms with Crippen molar-refractivity contribution in [1.29, 1.82) is 0 Å². The molecule has 5 rings (SSSR count). The molecule has 5 aromatic rings. The minimum Gasteiger partial charge on any atom is -0.481 e. The Morgan fingerprint density at radius 1 is 0.892 bits per heavy atom. The van der Waals surface area contributed by atoms with Crippen molar-refractivity contribution in [2.45, 2.75) is 19.0 Å². The number of H-pyrrole nitrogens is 1. The number of methoxy groups -OCH3 is 1. The third-order valence-corrected chi connectivity index (χ3v) is 5.92. The zero-order valence-corrected chi connectivity index (χ0v) is 19.7. The van der Waals surface area contributed by atoms with Crippen molar-refractivity contribution in [3.05, 3.63) is 96.1 Å². The van der Waals surface area contributed by atoms with Crippen LogP contribution < -0.4 is 4.74 Å². The van der Waals surface area contributed by atoms with Crippen LogP contribution in [0.2, 0.25) is 0 Å². The standard InChI is InChI=1S/C28H21F3N4O2/c1-37-26-13-18(7-8-32-26)25-12-20-11-21(16-34-27(20)35-25)19-5-6-23(33-15-19)14-24(36)10-17-3-2-4-22(9-17)28(29,30)31/h2-9,11-13,15-16H,10,14H2,1H3,(H,34,35). The summed E-state index contributed by atoms with van der Waals surface area (Å²) in [5.74, 6) is 0.305. The van der Waals surface area contributed by atoms with Gasteiger partial charge >= 0.3 is 6.18 Å². The summed E-state index contributed by atoms with van der Waals surface area (Å²) in [6.07, 6.45) is 0.582. The lowest BCUT2D eigenvalue weighted by molar-refractivity contribution is -0.137. The van der Waals surface area contributed by atoms with Gasteiger partial charge in [-0.25, -0.2) is 9.97 Å². The summed E-state index contributed by atoms with van der Waals surface area (Å²) in [5.41, 5.74) is 4.34. The van der Waals surface area contributed by atoms with Gasteiger partial charge in [0.1, 0.15) is 11.4 Å². The fourth-order valence-electron chi connectivity index (χ4n) is 4.07. The average molecular weight is 502 g/mol. The molecule has 1 aromatic carbocycles. The molecule has 9 heteroatoms. The van der Waals surface area contributed by atoms with E-state index in [0.717, 1.165) is 45.6 Å². The Hall–Kier alpha value is -4.53. The second kappa shape index (κ2) is 9.85. The first-order valence-corrected chi connectivity index (χ1v) is 11.4. The highest BCUT2D eigenvalue weighted by molar-refractivity contribution is 5.87. The van der Waals surface area contributed by atoms with Crippen molar-refractivity contribution in [3.63, 3.8) is 0 Å². The lowest BCUT2D eigenvalue weighted by atomic mass is 10.0. The molecule has 0 unspecified atom stereocenters. The molecule has 0 aliphatic carbocycles. The first-order chi connectivity index (χ1) is 17.8. The van der Waals surface area contributed by atoms with Gasteiger partial charge in [-0.05, 0) is 35.9 Å². The van der Waals surface area contributed by atoms with E-state index < -0.39 is 11.7 Å². The number of carbonyl (C=O) groups is 1. The van der Waals surface area contributed by atoms with E-state index in [2.05, 4.69) is 19.9 Å². The van der Waals surface area contributed by atoms with E-state index in [0.29, 0.717) is 17.1 Å². The predicted molar refractivity (Wildman–Crippen MR) is 133 cm³/mol. The number of benzene rings is 1. The maximum absolute atomic E-state index is 12.9. The number of pyridine rings is 3. The molecule has 0 aliphatic heterocycles. The molecule has 4 aromatic heterocycles. The van der Waals surface area contributed by atoms with Crippen LogP contribution in [0.3, 0.4) is 0 Å². The van der Waals surface area contributed by atoms with Gasteiger partial charge in [0.15, 0.2) is 0 Å². The highest BCUT2D eigenvalue weighted by Crippen LogP contribution is 2.30. The molecule has 4 heterocycles. The Balaban J connectivity index is 1.29. The number of aromatic amines is 1. The Bertz CT molecular complexity index is 1580. The maximum Gasteiger partial charge on any atom is 0.416 e. The van der Waals surface area contributed by atoms with Gasteiger partial charge in [0.2, 0.25) is 5.88 Å². The second-order valence-electron chi connectivity index (χ2n) is 8.56. The summed E-state index contributed by atoms with van der Waals surface area (Å²) in [6.45, 7) is 0. The smallest absolute Gasteiger partial charge is 0.416 e. The van der Waals surface area contributed by atoms with Crippen molar-refractivity contribution in [1.82, 2.24) is 19.9 Å². The third-order valence-electron chi connectivity index (χ3n) is 5.92.